The molecule has 0 fully saturated rings. The summed E-state index contributed by atoms with van der Waals surface area (Å²) >= 11 is 1.68. The van der Waals surface area contributed by atoms with Crippen LogP contribution in [0, 0.1) is 5.92 Å². The number of guanidine groups is 1. The van der Waals surface area contributed by atoms with Crippen LogP contribution >= 0.6 is 35.3 Å². The molecule has 3 N–H and O–H groups in total. The van der Waals surface area contributed by atoms with Crippen LogP contribution in [-0.2, 0) is 11.3 Å². The molecule has 1 aromatic rings. The van der Waals surface area contributed by atoms with Crippen LogP contribution < -0.4 is 16.0 Å². The minimum Gasteiger partial charge on any atom is -0.355 e. The van der Waals surface area contributed by atoms with Gasteiger partial charge in [-0.05, 0) is 22.4 Å². The standard InChI is InChI=1S/C13H22N4OS.HI/c1-10(2)12(18)15-5-6-16-13(14-3)17-8-11-4-7-19-9-11;/h4,7,9-10H,5-6,8H2,1-3H3,(H,15,18)(H2,14,16,17);1H. The average molecular weight is 410 g/mol. The van der Waals surface area contributed by atoms with Crippen molar-refractivity contribution in [1.82, 2.24) is 16.0 Å². The van der Waals surface area contributed by atoms with E-state index in [4.69, 9.17) is 0 Å². The Labute approximate surface area is 141 Å². The summed E-state index contributed by atoms with van der Waals surface area (Å²) in [7, 11) is 1.73. The molecule has 0 aliphatic carbocycles. The number of nitrogens with one attached hydrogen (secondary N) is 3. The highest BCUT2D eigenvalue weighted by Crippen LogP contribution is 2.04. The second-order valence-electron chi connectivity index (χ2n) is 4.43. The van der Waals surface area contributed by atoms with E-state index in [1.54, 1.807) is 18.4 Å². The van der Waals surface area contributed by atoms with Crippen LogP contribution in [0.1, 0.15) is 19.4 Å². The average Bonchev–Trinajstić information content (AvgIpc) is 2.90. The van der Waals surface area contributed by atoms with Crippen LogP contribution in [0.4, 0.5) is 0 Å². The number of nitrogens with zero attached hydrogens (tertiary/aromatic N) is 1. The molecule has 1 amide bonds. The van der Waals surface area contributed by atoms with Crippen molar-refractivity contribution in [2.75, 3.05) is 20.1 Å². The molecule has 0 saturated heterocycles. The van der Waals surface area contributed by atoms with Crippen LogP contribution in [-0.4, -0.2) is 32.0 Å². The Hall–Kier alpha value is -0.830. The summed E-state index contributed by atoms with van der Waals surface area (Å²) in [6, 6.07) is 2.08. The van der Waals surface area contributed by atoms with Gasteiger partial charge in [-0.2, -0.15) is 11.3 Å². The number of carbonyl (C=O) groups is 1. The third-order valence-corrected chi connectivity index (χ3v) is 3.24. The number of hydrogen-bond acceptors (Lipinski definition) is 3. The van der Waals surface area contributed by atoms with Gasteiger partial charge >= 0.3 is 0 Å². The van der Waals surface area contributed by atoms with Gasteiger partial charge in [0.25, 0.3) is 0 Å². The van der Waals surface area contributed by atoms with E-state index in [9.17, 15) is 4.79 Å². The van der Waals surface area contributed by atoms with Gasteiger partial charge in [0, 0.05) is 32.6 Å². The van der Waals surface area contributed by atoms with Crippen LogP contribution in [0.3, 0.4) is 0 Å². The number of aliphatic imine (C=N–C) groups is 1. The molecule has 0 atom stereocenters. The zero-order valence-corrected chi connectivity index (χ0v) is 15.2. The summed E-state index contributed by atoms with van der Waals surface area (Å²) in [6.07, 6.45) is 0. The Morgan fingerprint density at radius 1 is 1.30 bits per heavy atom. The first-order valence-corrected chi connectivity index (χ1v) is 7.31. The molecule has 114 valence electrons. The maximum absolute atomic E-state index is 11.4. The minimum atomic E-state index is 0. The zero-order valence-electron chi connectivity index (χ0n) is 12.1. The SMILES string of the molecule is CN=C(NCCNC(=O)C(C)C)NCc1ccsc1.I. The molecule has 5 nitrogen and oxygen atoms in total. The molecule has 0 unspecified atom stereocenters. The van der Waals surface area contributed by atoms with E-state index in [-0.39, 0.29) is 35.8 Å². The predicted octanol–water partition coefficient (Wildman–Crippen LogP) is 1.80. The van der Waals surface area contributed by atoms with Gasteiger partial charge in [-0.1, -0.05) is 13.8 Å². The Kier molecular flexibility index (Phi) is 10.4. The lowest BCUT2D eigenvalue weighted by molar-refractivity contribution is -0.123. The fourth-order valence-electron chi connectivity index (χ4n) is 1.37. The molecule has 0 aliphatic rings. The molecule has 20 heavy (non-hydrogen) atoms. The molecule has 7 heteroatoms. The van der Waals surface area contributed by atoms with Crippen molar-refractivity contribution in [1.29, 1.82) is 0 Å². The van der Waals surface area contributed by atoms with Crippen LogP contribution in [0.25, 0.3) is 0 Å². The zero-order chi connectivity index (χ0) is 14.1. The van der Waals surface area contributed by atoms with Gasteiger partial charge in [0.15, 0.2) is 5.96 Å². The molecule has 0 aromatic carbocycles. The lowest BCUT2D eigenvalue weighted by Crippen LogP contribution is -2.41. The second-order valence-corrected chi connectivity index (χ2v) is 5.21. The van der Waals surface area contributed by atoms with E-state index in [0.717, 1.165) is 12.5 Å². The van der Waals surface area contributed by atoms with Gasteiger partial charge < -0.3 is 16.0 Å². The van der Waals surface area contributed by atoms with Crippen molar-refractivity contribution in [2.45, 2.75) is 20.4 Å². The third kappa shape index (κ3) is 7.68. The van der Waals surface area contributed by atoms with E-state index in [1.165, 1.54) is 5.56 Å². The van der Waals surface area contributed by atoms with E-state index in [0.29, 0.717) is 13.1 Å². The van der Waals surface area contributed by atoms with E-state index in [2.05, 4.69) is 37.8 Å². The molecule has 1 heterocycles. The smallest absolute Gasteiger partial charge is 0.222 e. The molecule has 0 aliphatic heterocycles. The van der Waals surface area contributed by atoms with Gasteiger partial charge in [-0.15, -0.1) is 24.0 Å². The number of halogens is 1. The molecule has 0 saturated carbocycles. The fraction of sp³-hybridized carbons (Fsp3) is 0.538. The lowest BCUT2D eigenvalue weighted by Gasteiger charge is -2.12. The van der Waals surface area contributed by atoms with Crippen molar-refractivity contribution in [3.8, 4) is 0 Å². The van der Waals surface area contributed by atoms with Crippen LogP contribution in [0.15, 0.2) is 21.8 Å². The topological polar surface area (TPSA) is 65.5 Å². The lowest BCUT2D eigenvalue weighted by atomic mass is 10.2. The van der Waals surface area contributed by atoms with Crippen molar-refractivity contribution in [2.24, 2.45) is 10.9 Å². The van der Waals surface area contributed by atoms with Crippen molar-refractivity contribution in [3.63, 3.8) is 0 Å². The van der Waals surface area contributed by atoms with Crippen LogP contribution in [0.2, 0.25) is 0 Å². The second kappa shape index (κ2) is 10.9. The Morgan fingerprint density at radius 2 is 2.00 bits per heavy atom. The maximum atomic E-state index is 11.4. The quantitative estimate of drug-likeness (QED) is 0.290. The molecule has 0 radical (unpaired) electrons. The van der Waals surface area contributed by atoms with Crippen molar-refractivity contribution < 1.29 is 4.79 Å². The number of hydrogen-bond donors (Lipinski definition) is 3. The number of amides is 1. The van der Waals surface area contributed by atoms with Gasteiger partial charge in [0.1, 0.15) is 0 Å². The van der Waals surface area contributed by atoms with Gasteiger partial charge in [0.05, 0.1) is 0 Å². The molecule has 1 rings (SSSR count). The minimum absolute atomic E-state index is 0. The Balaban J connectivity index is 0.00000361. The van der Waals surface area contributed by atoms with Gasteiger partial charge in [-0.3, -0.25) is 9.79 Å². The van der Waals surface area contributed by atoms with E-state index in [1.807, 2.05) is 13.8 Å². The molecular formula is C13H23IN4OS. The largest absolute Gasteiger partial charge is 0.355 e. The monoisotopic (exact) mass is 410 g/mol. The maximum Gasteiger partial charge on any atom is 0.222 e. The summed E-state index contributed by atoms with van der Waals surface area (Å²) in [5.74, 6) is 0.837. The number of rotatable bonds is 6. The summed E-state index contributed by atoms with van der Waals surface area (Å²) < 4.78 is 0. The summed E-state index contributed by atoms with van der Waals surface area (Å²) in [6.45, 7) is 5.76. The van der Waals surface area contributed by atoms with Crippen molar-refractivity contribution in [3.05, 3.63) is 22.4 Å². The molecule has 1 aromatic heterocycles. The molecule has 0 spiro atoms. The highest BCUT2D eigenvalue weighted by Gasteiger charge is 2.05. The highest BCUT2D eigenvalue weighted by atomic mass is 127. The van der Waals surface area contributed by atoms with Gasteiger partial charge in [0.2, 0.25) is 5.91 Å². The van der Waals surface area contributed by atoms with Crippen molar-refractivity contribution >= 4 is 47.2 Å². The summed E-state index contributed by atoms with van der Waals surface area (Å²) in [5, 5.41) is 13.4. The molecular weight excluding hydrogens is 387 g/mol. The summed E-state index contributed by atoms with van der Waals surface area (Å²) in [5.41, 5.74) is 1.24. The first kappa shape index (κ1) is 19.2. The molecule has 0 bridgehead atoms. The highest BCUT2D eigenvalue weighted by molar-refractivity contribution is 14.0. The third-order valence-electron chi connectivity index (χ3n) is 2.50. The predicted molar refractivity (Wildman–Crippen MR) is 95.8 cm³/mol. The van der Waals surface area contributed by atoms with E-state index >= 15 is 0 Å². The Morgan fingerprint density at radius 3 is 2.55 bits per heavy atom. The normalized spacial score (nSPS) is 10.9. The number of carbonyl (C=O) groups excluding carboxylic acids is 1. The van der Waals surface area contributed by atoms with Gasteiger partial charge in [-0.25, -0.2) is 0 Å². The first-order chi connectivity index (χ1) is 9.13. The van der Waals surface area contributed by atoms with E-state index < -0.39 is 0 Å². The fourth-order valence-corrected chi connectivity index (χ4v) is 2.04. The summed E-state index contributed by atoms with van der Waals surface area (Å²) in [4.78, 5) is 15.5. The Bertz CT molecular complexity index is 407. The first-order valence-electron chi connectivity index (χ1n) is 6.36. The van der Waals surface area contributed by atoms with Crippen LogP contribution in [0.5, 0.6) is 0 Å². The number of thiophene rings is 1.